The van der Waals surface area contributed by atoms with Gasteiger partial charge in [-0.3, -0.25) is 4.79 Å². The Morgan fingerprint density at radius 1 is 1.10 bits per heavy atom. The van der Waals surface area contributed by atoms with Gasteiger partial charge in [-0.2, -0.15) is 0 Å². The molecule has 0 bridgehead atoms. The van der Waals surface area contributed by atoms with Crippen LogP contribution in [-0.4, -0.2) is 12.0 Å². The van der Waals surface area contributed by atoms with Crippen LogP contribution in [0.4, 0.5) is 0 Å². The van der Waals surface area contributed by atoms with Crippen molar-refractivity contribution in [2.24, 2.45) is 0 Å². The minimum atomic E-state index is 0.0254. The van der Waals surface area contributed by atoms with Gasteiger partial charge in [-0.05, 0) is 29.5 Å². The smallest absolute Gasteiger partial charge is 0.198 e. The molecule has 0 saturated carbocycles. The van der Waals surface area contributed by atoms with Gasteiger partial charge in [0.15, 0.2) is 10.9 Å². The SMILES string of the molecule is CSc1occ(C)c1C(=O)c1cccc2ccccc12. The molecule has 0 atom stereocenters. The number of benzene rings is 2. The summed E-state index contributed by atoms with van der Waals surface area (Å²) in [6, 6.07) is 13.7. The lowest BCUT2D eigenvalue weighted by Crippen LogP contribution is -2.03. The Hall–Kier alpha value is -2.00. The Labute approximate surface area is 121 Å². The van der Waals surface area contributed by atoms with E-state index in [1.165, 1.54) is 11.8 Å². The zero-order valence-corrected chi connectivity index (χ0v) is 12.2. The molecule has 0 amide bonds. The lowest BCUT2D eigenvalue weighted by Gasteiger charge is -2.06. The summed E-state index contributed by atoms with van der Waals surface area (Å²) in [7, 11) is 0. The van der Waals surface area contributed by atoms with Crippen molar-refractivity contribution < 1.29 is 9.21 Å². The Bertz CT molecular complexity index is 781. The van der Waals surface area contributed by atoms with Gasteiger partial charge in [0.1, 0.15) is 0 Å². The zero-order valence-electron chi connectivity index (χ0n) is 11.3. The van der Waals surface area contributed by atoms with Crippen molar-refractivity contribution in [1.82, 2.24) is 0 Å². The van der Waals surface area contributed by atoms with Gasteiger partial charge in [0, 0.05) is 5.56 Å². The first-order chi connectivity index (χ1) is 9.72. The largest absolute Gasteiger partial charge is 0.457 e. The van der Waals surface area contributed by atoms with Crippen LogP contribution >= 0.6 is 11.8 Å². The Balaban J connectivity index is 2.20. The molecule has 100 valence electrons. The summed E-state index contributed by atoms with van der Waals surface area (Å²) in [4.78, 5) is 12.8. The normalized spacial score (nSPS) is 10.9. The van der Waals surface area contributed by atoms with Crippen LogP contribution in [0.2, 0.25) is 0 Å². The average Bonchev–Trinajstić information content (AvgIpc) is 2.87. The van der Waals surface area contributed by atoms with Crippen LogP contribution in [0.15, 0.2) is 58.2 Å². The van der Waals surface area contributed by atoms with Gasteiger partial charge < -0.3 is 4.42 Å². The number of aryl methyl sites for hydroxylation is 1. The molecular formula is C17H14O2S. The lowest BCUT2D eigenvalue weighted by molar-refractivity contribution is 0.103. The van der Waals surface area contributed by atoms with E-state index in [4.69, 9.17) is 4.42 Å². The Morgan fingerprint density at radius 2 is 1.85 bits per heavy atom. The summed E-state index contributed by atoms with van der Waals surface area (Å²) in [6.45, 7) is 1.90. The van der Waals surface area contributed by atoms with E-state index in [0.29, 0.717) is 10.7 Å². The summed E-state index contributed by atoms with van der Waals surface area (Å²) in [6.07, 6.45) is 3.56. The summed E-state index contributed by atoms with van der Waals surface area (Å²) in [5.41, 5.74) is 2.28. The predicted octanol–water partition coefficient (Wildman–Crippen LogP) is 4.69. The highest BCUT2D eigenvalue weighted by Crippen LogP contribution is 2.29. The van der Waals surface area contributed by atoms with E-state index >= 15 is 0 Å². The molecule has 0 fully saturated rings. The third-order valence-electron chi connectivity index (χ3n) is 3.39. The number of fused-ring (bicyclic) bond motifs is 1. The van der Waals surface area contributed by atoms with Crippen molar-refractivity contribution in [3.8, 4) is 0 Å². The molecule has 0 radical (unpaired) electrons. The third kappa shape index (κ3) is 2.04. The second-order valence-electron chi connectivity index (χ2n) is 4.64. The highest BCUT2D eigenvalue weighted by Gasteiger charge is 2.20. The van der Waals surface area contributed by atoms with Crippen molar-refractivity contribution >= 4 is 28.3 Å². The van der Waals surface area contributed by atoms with E-state index in [2.05, 4.69) is 0 Å². The molecule has 0 saturated heterocycles. The number of hydrogen-bond acceptors (Lipinski definition) is 3. The minimum Gasteiger partial charge on any atom is -0.457 e. The second kappa shape index (κ2) is 5.17. The van der Waals surface area contributed by atoms with Crippen LogP contribution in [0.5, 0.6) is 0 Å². The van der Waals surface area contributed by atoms with E-state index in [1.807, 2.05) is 55.6 Å². The van der Waals surface area contributed by atoms with E-state index in [1.54, 1.807) is 6.26 Å². The molecule has 0 aliphatic heterocycles. The molecule has 1 aromatic heterocycles. The number of rotatable bonds is 3. The molecule has 3 heteroatoms. The molecule has 0 unspecified atom stereocenters. The van der Waals surface area contributed by atoms with Crippen molar-refractivity contribution in [1.29, 1.82) is 0 Å². The maximum absolute atomic E-state index is 12.8. The Kier molecular flexibility index (Phi) is 3.36. The number of ketones is 1. The minimum absolute atomic E-state index is 0.0254. The van der Waals surface area contributed by atoms with Crippen molar-refractivity contribution in [3.05, 3.63) is 65.4 Å². The van der Waals surface area contributed by atoms with Crippen LogP contribution in [0.25, 0.3) is 10.8 Å². The molecule has 3 rings (SSSR count). The second-order valence-corrected chi connectivity index (χ2v) is 5.42. The molecule has 0 spiro atoms. The fraction of sp³-hybridized carbons (Fsp3) is 0.118. The highest BCUT2D eigenvalue weighted by atomic mass is 32.2. The molecule has 3 aromatic rings. The molecule has 0 aliphatic rings. The first-order valence-corrected chi connectivity index (χ1v) is 7.59. The van der Waals surface area contributed by atoms with E-state index in [-0.39, 0.29) is 5.78 Å². The summed E-state index contributed by atoms with van der Waals surface area (Å²) < 4.78 is 5.44. The van der Waals surface area contributed by atoms with Crippen molar-refractivity contribution in [2.75, 3.05) is 6.26 Å². The number of hydrogen-bond donors (Lipinski definition) is 0. The molecule has 2 nitrogen and oxygen atoms in total. The van der Waals surface area contributed by atoms with E-state index in [9.17, 15) is 4.79 Å². The zero-order chi connectivity index (χ0) is 14.1. The molecule has 0 N–H and O–H groups in total. The number of carbonyl (C=O) groups is 1. The van der Waals surface area contributed by atoms with Gasteiger partial charge in [-0.15, -0.1) is 0 Å². The van der Waals surface area contributed by atoms with Crippen LogP contribution in [-0.2, 0) is 0 Å². The Morgan fingerprint density at radius 3 is 2.65 bits per heavy atom. The number of furan rings is 1. The monoisotopic (exact) mass is 282 g/mol. The van der Waals surface area contributed by atoms with Crippen LogP contribution < -0.4 is 0 Å². The summed E-state index contributed by atoms with van der Waals surface area (Å²) in [5, 5.41) is 2.73. The van der Waals surface area contributed by atoms with Gasteiger partial charge >= 0.3 is 0 Å². The standard InChI is InChI=1S/C17H14O2S/c1-11-10-19-17(20-2)15(11)16(18)14-9-5-7-12-6-3-4-8-13(12)14/h3-10H,1-2H3. The topological polar surface area (TPSA) is 30.2 Å². The molecule has 0 aliphatic carbocycles. The van der Waals surface area contributed by atoms with Crippen LogP contribution in [0, 0.1) is 6.92 Å². The fourth-order valence-corrected chi connectivity index (χ4v) is 3.00. The third-order valence-corrected chi connectivity index (χ3v) is 4.06. The maximum Gasteiger partial charge on any atom is 0.198 e. The molecular weight excluding hydrogens is 268 g/mol. The molecule has 1 heterocycles. The summed E-state index contributed by atoms with van der Waals surface area (Å²) >= 11 is 1.46. The van der Waals surface area contributed by atoms with E-state index < -0.39 is 0 Å². The summed E-state index contributed by atoms with van der Waals surface area (Å²) in [5.74, 6) is 0.0254. The van der Waals surface area contributed by atoms with Gasteiger partial charge in [0.25, 0.3) is 0 Å². The lowest BCUT2D eigenvalue weighted by atomic mass is 9.97. The van der Waals surface area contributed by atoms with Gasteiger partial charge in [0.05, 0.1) is 11.8 Å². The quantitative estimate of drug-likeness (QED) is 0.515. The van der Waals surface area contributed by atoms with Crippen LogP contribution in [0.1, 0.15) is 21.5 Å². The van der Waals surface area contributed by atoms with Crippen molar-refractivity contribution in [3.63, 3.8) is 0 Å². The number of thioether (sulfide) groups is 1. The van der Waals surface area contributed by atoms with Gasteiger partial charge in [-0.25, -0.2) is 0 Å². The number of carbonyl (C=O) groups excluding carboxylic acids is 1. The first kappa shape index (κ1) is 13.0. The van der Waals surface area contributed by atoms with Crippen LogP contribution in [0.3, 0.4) is 0 Å². The van der Waals surface area contributed by atoms with Gasteiger partial charge in [0.2, 0.25) is 0 Å². The average molecular weight is 282 g/mol. The highest BCUT2D eigenvalue weighted by molar-refractivity contribution is 7.98. The van der Waals surface area contributed by atoms with E-state index in [0.717, 1.165) is 21.9 Å². The first-order valence-electron chi connectivity index (χ1n) is 6.37. The molecule has 2 aromatic carbocycles. The molecule has 20 heavy (non-hydrogen) atoms. The fourth-order valence-electron chi connectivity index (χ4n) is 2.40. The van der Waals surface area contributed by atoms with Crippen molar-refractivity contribution in [2.45, 2.75) is 12.0 Å². The predicted molar refractivity (Wildman–Crippen MR) is 82.6 cm³/mol. The maximum atomic E-state index is 12.8. The van der Waals surface area contributed by atoms with Gasteiger partial charge in [-0.1, -0.05) is 54.2 Å².